The Labute approximate surface area is 98.6 Å². The molecular weight excluding hydrogens is 222 g/mol. The molecule has 1 aliphatic carbocycles. The van der Waals surface area contributed by atoms with E-state index < -0.39 is 4.92 Å². The van der Waals surface area contributed by atoms with Gasteiger partial charge in [0.15, 0.2) is 0 Å². The number of hydrogen-bond donors (Lipinski definition) is 2. The first-order valence-corrected chi connectivity index (χ1v) is 5.61. The Kier molecular flexibility index (Phi) is 3.08. The van der Waals surface area contributed by atoms with Gasteiger partial charge in [-0.15, -0.1) is 0 Å². The van der Waals surface area contributed by atoms with Crippen LogP contribution in [0.15, 0.2) is 6.20 Å². The molecule has 0 amide bonds. The quantitative estimate of drug-likeness (QED) is 0.608. The van der Waals surface area contributed by atoms with Crippen LogP contribution in [0.25, 0.3) is 0 Å². The molecule has 17 heavy (non-hydrogen) atoms. The summed E-state index contributed by atoms with van der Waals surface area (Å²) in [6, 6.07) is 0.164. The molecule has 1 aromatic rings. The molecular formula is C10H15N5O2. The van der Waals surface area contributed by atoms with E-state index in [1.54, 1.807) is 0 Å². The number of nitrogens with one attached hydrogen (secondary N) is 1. The maximum atomic E-state index is 10.8. The number of nitrogens with two attached hydrogens (primary N) is 1. The largest absolute Gasteiger partial charge is 0.368 e. The van der Waals surface area contributed by atoms with Crippen molar-refractivity contribution >= 4 is 17.5 Å². The van der Waals surface area contributed by atoms with Crippen molar-refractivity contribution in [3.63, 3.8) is 0 Å². The van der Waals surface area contributed by atoms with Gasteiger partial charge in [0.2, 0.25) is 11.8 Å². The zero-order valence-electron chi connectivity index (χ0n) is 9.59. The van der Waals surface area contributed by atoms with Crippen molar-refractivity contribution in [3.8, 4) is 0 Å². The smallest absolute Gasteiger partial charge is 0.329 e. The predicted octanol–water partition coefficient (Wildman–Crippen LogP) is 1.57. The van der Waals surface area contributed by atoms with Crippen molar-refractivity contribution in [2.24, 2.45) is 5.92 Å². The highest BCUT2D eigenvalue weighted by Gasteiger charge is 2.26. The lowest BCUT2D eigenvalue weighted by Crippen LogP contribution is -2.31. The topological polar surface area (TPSA) is 107 Å². The van der Waals surface area contributed by atoms with Crippen LogP contribution in [-0.4, -0.2) is 20.9 Å². The minimum atomic E-state index is -0.505. The van der Waals surface area contributed by atoms with Gasteiger partial charge in [0.05, 0.1) is 4.92 Å². The third-order valence-corrected chi connectivity index (χ3v) is 3.21. The SMILES string of the molecule is CC(Nc1nc(N)ncc1[N+](=O)[O-])C1CCC1. The number of nitro groups is 1. The molecule has 0 bridgehead atoms. The van der Waals surface area contributed by atoms with E-state index in [1.807, 2.05) is 6.92 Å². The minimum Gasteiger partial charge on any atom is -0.368 e. The second-order valence-corrected chi connectivity index (χ2v) is 4.34. The van der Waals surface area contributed by atoms with E-state index >= 15 is 0 Å². The van der Waals surface area contributed by atoms with Crippen molar-refractivity contribution in [1.82, 2.24) is 9.97 Å². The average molecular weight is 237 g/mol. The Morgan fingerprint density at radius 2 is 2.35 bits per heavy atom. The van der Waals surface area contributed by atoms with Crippen LogP contribution in [0.3, 0.4) is 0 Å². The highest BCUT2D eigenvalue weighted by atomic mass is 16.6. The third-order valence-electron chi connectivity index (χ3n) is 3.21. The van der Waals surface area contributed by atoms with Gasteiger partial charge in [-0.1, -0.05) is 6.42 Å². The zero-order chi connectivity index (χ0) is 12.4. The second-order valence-electron chi connectivity index (χ2n) is 4.34. The van der Waals surface area contributed by atoms with Crippen molar-refractivity contribution < 1.29 is 4.92 Å². The molecule has 1 aliphatic rings. The Morgan fingerprint density at radius 1 is 1.65 bits per heavy atom. The van der Waals surface area contributed by atoms with Crippen LogP contribution in [-0.2, 0) is 0 Å². The highest BCUT2D eigenvalue weighted by molar-refractivity contribution is 5.56. The number of nitrogens with zero attached hydrogens (tertiary/aromatic N) is 3. The molecule has 1 heterocycles. The van der Waals surface area contributed by atoms with Gasteiger partial charge in [-0.25, -0.2) is 4.98 Å². The summed E-state index contributed by atoms with van der Waals surface area (Å²) in [7, 11) is 0. The summed E-state index contributed by atoms with van der Waals surface area (Å²) < 4.78 is 0. The average Bonchev–Trinajstić information content (AvgIpc) is 2.13. The number of anilines is 2. The van der Waals surface area contributed by atoms with E-state index in [9.17, 15) is 10.1 Å². The van der Waals surface area contributed by atoms with Gasteiger partial charge in [-0.3, -0.25) is 10.1 Å². The summed E-state index contributed by atoms with van der Waals surface area (Å²) in [5.74, 6) is 0.812. The molecule has 1 fully saturated rings. The third kappa shape index (κ3) is 2.43. The van der Waals surface area contributed by atoms with Gasteiger partial charge in [0, 0.05) is 6.04 Å². The van der Waals surface area contributed by atoms with E-state index in [4.69, 9.17) is 5.73 Å². The zero-order valence-corrected chi connectivity index (χ0v) is 9.59. The molecule has 0 radical (unpaired) electrons. The van der Waals surface area contributed by atoms with E-state index in [-0.39, 0.29) is 23.5 Å². The first-order chi connectivity index (χ1) is 8.08. The molecule has 0 aromatic carbocycles. The lowest BCUT2D eigenvalue weighted by atomic mass is 9.80. The summed E-state index contributed by atoms with van der Waals surface area (Å²) in [6.07, 6.45) is 4.67. The lowest BCUT2D eigenvalue weighted by Gasteiger charge is -2.31. The van der Waals surface area contributed by atoms with Crippen molar-refractivity contribution in [2.45, 2.75) is 32.2 Å². The standard InChI is InChI=1S/C10H15N5O2/c1-6(7-3-2-4-7)13-9-8(15(16)17)5-12-10(11)14-9/h5-7H,2-4H2,1H3,(H3,11,12,13,14). The number of aromatic nitrogens is 2. The maximum Gasteiger partial charge on any atom is 0.329 e. The van der Waals surface area contributed by atoms with Gasteiger partial charge in [0.25, 0.3) is 0 Å². The molecule has 0 spiro atoms. The molecule has 1 aromatic heterocycles. The Morgan fingerprint density at radius 3 is 2.88 bits per heavy atom. The first-order valence-electron chi connectivity index (χ1n) is 5.61. The molecule has 7 nitrogen and oxygen atoms in total. The van der Waals surface area contributed by atoms with E-state index in [0.717, 1.165) is 19.0 Å². The fourth-order valence-corrected chi connectivity index (χ4v) is 1.90. The fraction of sp³-hybridized carbons (Fsp3) is 0.600. The van der Waals surface area contributed by atoms with Crippen LogP contribution in [0.1, 0.15) is 26.2 Å². The molecule has 1 atom stereocenters. The molecule has 2 rings (SSSR count). The predicted molar refractivity (Wildman–Crippen MR) is 63.5 cm³/mol. The first kappa shape index (κ1) is 11.6. The van der Waals surface area contributed by atoms with Gasteiger partial charge >= 0.3 is 5.69 Å². The van der Waals surface area contributed by atoms with Crippen molar-refractivity contribution in [3.05, 3.63) is 16.3 Å². The Bertz CT molecular complexity index is 433. The molecule has 1 unspecified atom stereocenters. The number of rotatable bonds is 4. The summed E-state index contributed by atoms with van der Waals surface area (Å²) >= 11 is 0. The Balaban J connectivity index is 2.17. The minimum absolute atomic E-state index is 0.0407. The number of hydrogen-bond acceptors (Lipinski definition) is 6. The fourth-order valence-electron chi connectivity index (χ4n) is 1.90. The lowest BCUT2D eigenvalue weighted by molar-refractivity contribution is -0.384. The second kappa shape index (κ2) is 4.52. The van der Waals surface area contributed by atoms with E-state index in [1.165, 1.54) is 6.42 Å². The van der Waals surface area contributed by atoms with Crippen molar-refractivity contribution in [2.75, 3.05) is 11.1 Å². The van der Waals surface area contributed by atoms with Crippen LogP contribution in [0.5, 0.6) is 0 Å². The van der Waals surface area contributed by atoms with Crippen LogP contribution in [0.2, 0.25) is 0 Å². The van der Waals surface area contributed by atoms with Crippen LogP contribution in [0.4, 0.5) is 17.5 Å². The normalized spacial score (nSPS) is 17.2. The molecule has 3 N–H and O–H groups in total. The summed E-state index contributed by atoms with van der Waals surface area (Å²) in [5, 5.41) is 13.9. The number of nitrogen functional groups attached to an aromatic ring is 1. The van der Waals surface area contributed by atoms with Gasteiger partial charge in [0.1, 0.15) is 6.20 Å². The van der Waals surface area contributed by atoms with Gasteiger partial charge in [-0.05, 0) is 25.7 Å². The van der Waals surface area contributed by atoms with Gasteiger partial charge in [-0.2, -0.15) is 4.98 Å². The van der Waals surface area contributed by atoms with Gasteiger partial charge < -0.3 is 11.1 Å². The van der Waals surface area contributed by atoms with E-state index in [0.29, 0.717) is 5.92 Å². The monoisotopic (exact) mass is 237 g/mol. The summed E-state index contributed by atoms with van der Waals surface area (Å²) in [6.45, 7) is 2.01. The van der Waals surface area contributed by atoms with E-state index in [2.05, 4.69) is 15.3 Å². The Hall–Kier alpha value is -1.92. The van der Waals surface area contributed by atoms with Crippen LogP contribution in [0, 0.1) is 16.0 Å². The van der Waals surface area contributed by atoms with Crippen LogP contribution >= 0.6 is 0 Å². The molecule has 0 aliphatic heterocycles. The molecule has 92 valence electrons. The molecule has 7 heteroatoms. The highest BCUT2D eigenvalue weighted by Crippen LogP contribution is 2.32. The molecule has 1 saturated carbocycles. The summed E-state index contributed by atoms with van der Waals surface area (Å²) in [4.78, 5) is 17.8. The molecule has 0 saturated heterocycles. The summed E-state index contributed by atoms with van der Waals surface area (Å²) in [5.41, 5.74) is 5.31. The maximum absolute atomic E-state index is 10.8. The van der Waals surface area contributed by atoms with Crippen LogP contribution < -0.4 is 11.1 Å². The van der Waals surface area contributed by atoms with Crippen molar-refractivity contribution in [1.29, 1.82) is 0 Å².